The van der Waals surface area contributed by atoms with Crippen LogP contribution in [0, 0.1) is 0 Å². The Morgan fingerprint density at radius 3 is 2.64 bits per heavy atom. The van der Waals surface area contributed by atoms with Gasteiger partial charge in [0.25, 0.3) is 0 Å². The molecule has 0 bridgehead atoms. The summed E-state index contributed by atoms with van der Waals surface area (Å²) in [7, 11) is 0. The number of hydrogen-bond donors (Lipinski definition) is 3. The van der Waals surface area contributed by atoms with Gasteiger partial charge in [-0.1, -0.05) is 41.9 Å². The van der Waals surface area contributed by atoms with E-state index in [4.69, 9.17) is 17.4 Å². The standard InChI is InChI=1S/C16H17ClN4O/c1-2-21-15(20-18)19-14-9-8-12(17)10-13(14)16(21,22)11-6-4-3-5-7-11/h3-10,22H,2,18H2,1H3,(H,19,20). The highest BCUT2D eigenvalue weighted by molar-refractivity contribution is 6.30. The van der Waals surface area contributed by atoms with Gasteiger partial charge in [0.2, 0.25) is 5.96 Å². The van der Waals surface area contributed by atoms with Crippen LogP contribution in [0.2, 0.25) is 5.02 Å². The lowest BCUT2D eigenvalue weighted by Crippen LogP contribution is -2.57. The lowest BCUT2D eigenvalue weighted by molar-refractivity contribution is -0.0394. The zero-order valence-electron chi connectivity index (χ0n) is 12.1. The molecule has 6 heteroatoms. The van der Waals surface area contributed by atoms with Crippen LogP contribution in [-0.4, -0.2) is 22.5 Å². The van der Waals surface area contributed by atoms with E-state index in [9.17, 15) is 5.11 Å². The van der Waals surface area contributed by atoms with Crippen LogP contribution >= 0.6 is 11.6 Å². The SMILES string of the molecule is CCN1C(NN)=Nc2ccc(Cl)cc2C1(O)c1ccccc1. The Morgan fingerprint density at radius 1 is 1.27 bits per heavy atom. The zero-order chi connectivity index (χ0) is 15.7. The Labute approximate surface area is 134 Å². The third-order valence-electron chi connectivity index (χ3n) is 3.83. The lowest BCUT2D eigenvalue weighted by atomic mass is 9.90. The van der Waals surface area contributed by atoms with Gasteiger partial charge in [-0.25, -0.2) is 10.8 Å². The molecule has 0 saturated carbocycles. The molecule has 0 aliphatic carbocycles. The van der Waals surface area contributed by atoms with Crippen molar-refractivity contribution >= 4 is 23.2 Å². The number of benzene rings is 2. The summed E-state index contributed by atoms with van der Waals surface area (Å²) in [6.45, 7) is 2.44. The van der Waals surface area contributed by atoms with Crippen LogP contribution in [0.25, 0.3) is 0 Å². The Kier molecular flexibility index (Phi) is 3.78. The summed E-state index contributed by atoms with van der Waals surface area (Å²) in [5, 5.41) is 12.1. The van der Waals surface area contributed by atoms with Crippen LogP contribution in [-0.2, 0) is 5.72 Å². The summed E-state index contributed by atoms with van der Waals surface area (Å²) in [5.41, 5.74) is 3.17. The summed E-state index contributed by atoms with van der Waals surface area (Å²) in [4.78, 5) is 6.18. The van der Waals surface area contributed by atoms with E-state index in [1.54, 1.807) is 23.1 Å². The van der Waals surface area contributed by atoms with Crippen LogP contribution in [0.4, 0.5) is 5.69 Å². The van der Waals surface area contributed by atoms with Gasteiger partial charge in [-0.3, -0.25) is 5.43 Å². The summed E-state index contributed by atoms with van der Waals surface area (Å²) in [5.74, 6) is 6.00. The van der Waals surface area contributed by atoms with Gasteiger partial charge in [-0.15, -0.1) is 0 Å². The molecule has 22 heavy (non-hydrogen) atoms. The normalized spacial score (nSPS) is 20.4. The van der Waals surface area contributed by atoms with Gasteiger partial charge in [0.05, 0.1) is 5.69 Å². The Hall–Kier alpha value is -2.08. The largest absolute Gasteiger partial charge is 0.363 e. The summed E-state index contributed by atoms with van der Waals surface area (Å²) >= 11 is 6.13. The molecule has 1 atom stereocenters. The maximum absolute atomic E-state index is 11.6. The minimum Gasteiger partial charge on any atom is -0.363 e. The van der Waals surface area contributed by atoms with E-state index >= 15 is 0 Å². The van der Waals surface area contributed by atoms with E-state index in [2.05, 4.69) is 10.4 Å². The number of nitrogens with two attached hydrogens (primary N) is 1. The van der Waals surface area contributed by atoms with Crippen LogP contribution in [0.1, 0.15) is 18.1 Å². The molecule has 0 spiro atoms. The highest BCUT2D eigenvalue weighted by Crippen LogP contribution is 2.42. The van der Waals surface area contributed by atoms with Gasteiger partial charge in [-0.05, 0) is 25.1 Å². The number of halogens is 1. The first-order valence-electron chi connectivity index (χ1n) is 7.02. The highest BCUT2D eigenvalue weighted by Gasteiger charge is 2.44. The average molecular weight is 317 g/mol. The fourth-order valence-electron chi connectivity index (χ4n) is 2.83. The monoisotopic (exact) mass is 316 g/mol. The fourth-order valence-corrected chi connectivity index (χ4v) is 3.00. The minimum absolute atomic E-state index is 0.406. The number of nitrogens with zero attached hydrogens (tertiary/aromatic N) is 2. The number of hydrazine groups is 1. The molecule has 0 radical (unpaired) electrons. The van der Waals surface area contributed by atoms with E-state index in [0.717, 1.165) is 5.56 Å². The van der Waals surface area contributed by atoms with Gasteiger partial charge >= 0.3 is 0 Å². The van der Waals surface area contributed by atoms with Gasteiger partial charge in [-0.2, -0.15) is 0 Å². The quantitative estimate of drug-likeness (QED) is 0.587. The zero-order valence-corrected chi connectivity index (χ0v) is 12.9. The van der Waals surface area contributed by atoms with Gasteiger partial charge < -0.3 is 10.0 Å². The molecule has 1 unspecified atom stereocenters. The second-order valence-electron chi connectivity index (χ2n) is 5.02. The van der Waals surface area contributed by atoms with Crippen molar-refractivity contribution in [1.29, 1.82) is 0 Å². The van der Waals surface area contributed by atoms with E-state index in [1.165, 1.54) is 0 Å². The van der Waals surface area contributed by atoms with Crippen molar-refractivity contribution in [2.75, 3.05) is 6.54 Å². The smallest absolute Gasteiger partial charge is 0.216 e. The number of aliphatic imine (C=N–C) groups is 1. The summed E-state index contributed by atoms with van der Waals surface area (Å²) in [6.07, 6.45) is 0. The van der Waals surface area contributed by atoms with Crippen LogP contribution < -0.4 is 11.3 Å². The predicted molar refractivity (Wildman–Crippen MR) is 87.7 cm³/mol. The maximum Gasteiger partial charge on any atom is 0.216 e. The van der Waals surface area contributed by atoms with Crippen molar-refractivity contribution in [3.05, 3.63) is 64.7 Å². The summed E-state index contributed by atoms with van der Waals surface area (Å²) in [6, 6.07) is 14.7. The fraction of sp³-hybridized carbons (Fsp3) is 0.188. The van der Waals surface area contributed by atoms with Crippen molar-refractivity contribution in [3.8, 4) is 0 Å². The maximum atomic E-state index is 11.6. The first-order chi connectivity index (χ1) is 10.6. The van der Waals surface area contributed by atoms with Crippen molar-refractivity contribution in [2.24, 2.45) is 10.8 Å². The van der Waals surface area contributed by atoms with Crippen molar-refractivity contribution in [1.82, 2.24) is 10.3 Å². The molecule has 1 aliphatic rings. The number of fused-ring (bicyclic) bond motifs is 1. The molecule has 4 N–H and O–H groups in total. The topological polar surface area (TPSA) is 73.9 Å². The molecular weight excluding hydrogens is 300 g/mol. The first kappa shape index (κ1) is 14.8. The predicted octanol–water partition coefficient (Wildman–Crippen LogP) is 2.32. The average Bonchev–Trinajstić information content (AvgIpc) is 2.56. The Morgan fingerprint density at radius 2 is 2.00 bits per heavy atom. The van der Waals surface area contributed by atoms with Crippen molar-refractivity contribution in [3.63, 3.8) is 0 Å². The van der Waals surface area contributed by atoms with Gasteiger partial charge in [0.15, 0.2) is 5.72 Å². The molecule has 2 aromatic rings. The molecule has 5 nitrogen and oxygen atoms in total. The van der Waals surface area contributed by atoms with Crippen LogP contribution in [0.3, 0.4) is 0 Å². The number of nitrogens with one attached hydrogen (secondary N) is 1. The highest BCUT2D eigenvalue weighted by atomic mass is 35.5. The third-order valence-corrected chi connectivity index (χ3v) is 4.06. The molecule has 3 rings (SSSR count). The molecule has 0 amide bonds. The summed E-state index contributed by atoms with van der Waals surface area (Å²) < 4.78 is 0. The van der Waals surface area contributed by atoms with Crippen molar-refractivity contribution < 1.29 is 5.11 Å². The second-order valence-corrected chi connectivity index (χ2v) is 5.46. The number of rotatable bonds is 2. The van der Waals surface area contributed by atoms with E-state index in [1.807, 2.05) is 37.3 Å². The minimum atomic E-state index is -1.39. The molecule has 2 aromatic carbocycles. The molecule has 0 saturated heterocycles. The molecule has 0 aromatic heterocycles. The second kappa shape index (κ2) is 5.61. The molecule has 0 fully saturated rings. The Bertz CT molecular complexity index is 719. The molecular formula is C16H17ClN4O. The molecule has 1 heterocycles. The Balaban J connectivity index is 2.30. The van der Waals surface area contributed by atoms with E-state index < -0.39 is 5.72 Å². The third kappa shape index (κ3) is 2.14. The van der Waals surface area contributed by atoms with Gasteiger partial charge in [0, 0.05) is 22.7 Å². The lowest BCUT2D eigenvalue weighted by Gasteiger charge is -2.44. The van der Waals surface area contributed by atoms with Crippen LogP contribution in [0.15, 0.2) is 53.5 Å². The van der Waals surface area contributed by atoms with Gasteiger partial charge in [0.1, 0.15) is 0 Å². The van der Waals surface area contributed by atoms with E-state index in [0.29, 0.717) is 28.8 Å². The van der Waals surface area contributed by atoms with Crippen molar-refractivity contribution in [2.45, 2.75) is 12.6 Å². The number of guanidine groups is 1. The molecule has 114 valence electrons. The molecule has 1 aliphatic heterocycles. The first-order valence-corrected chi connectivity index (χ1v) is 7.40. The van der Waals surface area contributed by atoms with Crippen LogP contribution in [0.5, 0.6) is 0 Å². The number of hydrogen-bond acceptors (Lipinski definition) is 5. The number of aliphatic hydroxyl groups is 1. The van der Waals surface area contributed by atoms with E-state index in [-0.39, 0.29) is 0 Å².